The summed E-state index contributed by atoms with van der Waals surface area (Å²) in [6, 6.07) is 2.51. The molecule has 1 aliphatic rings. The molecule has 0 radical (unpaired) electrons. The first-order chi connectivity index (χ1) is 12.3. The molecule has 2 rings (SSSR count). The second kappa shape index (κ2) is 8.88. The number of piperidine rings is 1. The predicted molar refractivity (Wildman–Crippen MR) is 94.0 cm³/mol. The lowest BCUT2D eigenvalue weighted by Crippen LogP contribution is -2.45. The van der Waals surface area contributed by atoms with Crippen LogP contribution >= 0.6 is 0 Å². The maximum atomic E-state index is 13.8. The van der Waals surface area contributed by atoms with Gasteiger partial charge >= 0.3 is 0 Å². The van der Waals surface area contributed by atoms with Gasteiger partial charge in [0.05, 0.1) is 0 Å². The maximum absolute atomic E-state index is 13.8. The van der Waals surface area contributed by atoms with E-state index in [9.17, 15) is 22.0 Å². The van der Waals surface area contributed by atoms with E-state index < -0.39 is 26.6 Å². The molecule has 1 heterocycles. The lowest BCUT2D eigenvalue weighted by molar-refractivity contribution is -0.126. The van der Waals surface area contributed by atoms with Gasteiger partial charge in [0.1, 0.15) is 16.5 Å². The Kier molecular flexibility index (Phi) is 7.08. The Hall–Kier alpha value is -1.58. The van der Waals surface area contributed by atoms with Crippen LogP contribution in [-0.2, 0) is 14.8 Å². The summed E-state index contributed by atoms with van der Waals surface area (Å²) in [5.74, 6) is -2.19. The molecule has 1 aliphatic heterocycles. The summed E-state index contributed by atoms with van der Waals surface area (Å²) in [6.45, 7) is 5.45. The Morgan fingerprint density at radius 3 is 2.58 bits per heavy atom. The Morgan fingerprint density at radius 2 is 1.96 bits per heavy atom. The van der Waals surface area contributed by atoms with Gasteiger partial charge in [-0.25, -0.2) is 17.2 Å². The summed E-state index contributed by atoms with van der Waals surface area (Å²) >= 11 is 0. The van der Waals surface area contributed by atoms with Gasteiger partial charge in [-0.1, -0.05) is 6.92 Å². The Morgan fingerprint density at radius 1 is 1.31 bits per heavy atom. The van der Waals surface area contributed by atoms with E-state index in [4.69, 9.17) is 0 Å². The number of nitrogens with one attached hydrogen (secondary N) is 2. The number of amides is 1. The smallest absolute Gasteiger partial charge is 0.246 e. The van der Waals surface area contributed by atoms with Crippen molar-refractivity contribution < 1.29 is 22.0 Å². The van der Waals surface area contributed by atoms with Crippen LogP contribution < -0.4 is 10.6 Å². The molecular formula is C17H25F2N3O3S. The minimum Gasteiger partial charge on any atom is -0.354 e. The van der Waals surface area contributed by atoms with Crippen molar-refractivity contribution in [1.82, 2.24) is 14.9 Å². The van der Waals surface area contributed by atoms with Crippen LogP contribution in [0.25, 0.3) is 0 Å². The molecule has 0 unspecified atom stereocenters. The van der Waals surface area contributed by atoms with Crippen molar-refractivity contribution in [2.24, 2.45) is 5.92 Å². The average Bonchev–Trinajstić information content (AvgIpc) is 2.62. The van der Waals surface area contributed by atoms with Crippen LogP contribution in [0.5, 0.6) is 0 Å². The SMILES string of the molecule is CCN[C@H](C)CNC(=O)C1CCN(S(=O)(=O)c2cc(F)ccc2F)CC1. The molecule has 1 aromatic carbocycles. The quantitative estimate of drug-likeness (QED) is 0.741. The topological polar surface area (TPSA) is 78.5 Å². The van der Waals surface area contributed by atoms with Crippen molar-refractivity contribution in [2.75, 3.05) is 26.2 Å². The molecule has 146 valence electrons. The Balaban J connectivity index is 1.95. The molecule has 0 aliphatic carbocycles. The number of hydrogen-bond donors (Lipinski definition) is 2. The summed E-state index contributed by atoms with van der Waals surface area (Å²) in [5, 5.41) is 6.05. The van der Waals surface area contributed by atoms with Crippen LogP contribution in [0.15, 0.2) is 23.1 Å². The normalized spacial score (nSPS) is 17.8. The number of nitrogens with zero attached hydrogens (tertiary/aromatic N) is 1. The highest BCUT2D eigenvalue weighted by Crippen LogP contribution is 2.26. The van der Waals surface area contributed by atoms with Crippen LogP contribution in [-0.4, -0.2) is 50.9 Å². The van der Waals surface area contributed by atoms with E-state index in [1.807, 2.05) is 13.8 Å². The van der Waals surface area contributed by atoms with Crippen molar-refractivity contribution in [2.45, 2.75) is 37.6 Å². The zero-order valence-corrected chi connectivity index (χ0v) is 15.8. The van der Waals surface area contributed by atoms with Gasteiger partial charge in [-0.05, 0) is 44.5 Å². The van der Waals surface area contributed by atoms with Crippen LogP contribution in [0, 0.1) is 17.6 Å². The van der Waals surface area contributed by atoms with Gasteiger partial charge < -0.3 is 10.6 Å². The van der Waals surface area contributed by atoms with Crippen LogP contribution in [0.3, 0.4) is 0 Å². The summed E-state index contributed by atoms with van der Waals surface area (Å²) in [4.78, 5) is 11.5. The first-order valence-corrected chi connectivity index (χ1v) is 10.2. The van der Waals surface area contributed by atoms with E-state index in [0.29, 0.717) is 25.5 Å². The second-order valence-corrected chi connectivity index (χ2v) is 8.36. The van der Waals surface area contributed by atoms with E-state index in [0.717, 1.165) is 23.0 Å². The highest BCUT2D eigenvalue weighted by atomic mass is 32.2. The van der Waals surface area contributed by atoms with Gasteiger partial charge in [-0.2, -0.15) is 4.31 Å². The third-order valence-electron chi connectivity index (χ3n) is 4.47. The van der Waals surface area contributed by atoms with Crippen LogP contribution in [0.2, 0.25) is 0 Å². The molecule has 1 saturated heterocycles. The fourth-order valence-electron chi connectivity index (χ4n) is 2.99. The monoisotopic (exact) mass is 389 g/mol. The number of carbonyl (C=O) groups is 1. The maximum Gasteiger partial charge on any atom is 0.246 e. The molecular weight excluding hydrogens is 364 g/mol. The molecule has 0 saturated carbocycles. The van der Waals surface area contributed by atoms with Gasteiger partial charge in [-0.15, -0.1) is 0 Å². The minimum absolute atomic E-state index is 0.0964. The molecule has 1 fully saturated rings. The van der Waals surface area contributed by atoms with Crippen molar-refractivity contribution in [3.63, 3.8) is 0 Å². The molecule has 6 nitrogen and oxygen atoms in total. The standard InChI is InChI=1S/C17H25F2N3O3S/c1-3-20-12(2)11-21-17(23)13-6-8-22(9-7-13)26(24,25)16-10-14(18)4-5-15(16)19/h4-5,10,12-13,20H,3,6-9,11H2,1-2H3,(H,21,23)/t12-/m1/s1. The number of benzene rings is 1. The average molecular weight is 389 g/mol. The van der Waals surface area contributed by atoms with E-state index in [2.05, 4.69) is 10.6 Å². The minimum atomic E-state index is -4.12. The highest BCUT2D eigenvalue weighted by Gasteiger charge is 2.33. The number of likely N-dealkylation sites (N-methyl/N-ethyl adjacent to an activating group) is 1. The molecule has 26 heavy (non-hydrogen) atoms. The van der Waals surface area contributed by atoms with E-state index in [1.165, 1.54) is 0 Å². The highest BCUT2D eigenvalue weighted by molar-refractivity contribution is 7.89. The number of rotatable bonds is 7. The largest absolute Gasteiger partial charge is 0.354 e. The van der Waals surface area contributed by atoms with Crippen molar-refractivity contribution in [3.8, 4) is 0 Å². The van der Waals surface area contributed by atoms with Gasteiger partial charge in [0, 0.05) is 31.6 Å². The fourth-order valence-corrected chi connectivity index (χ4v) is 4.54. The predicted octanol–water partition coefficient (Wildman–Crippen LogP) is 1.48. The van der Waals surface area contributed by atoms with Crippen LogP contribution in [0.4, 0.5) is 8.78 Å². The van der Waals surface area contributed by atoms with E-state index in [-0.39, 0.29) is 31.0 Å². The first kappa shape index (κ1) is 20.7. The zero-order chi connectivity index (χ0) is 19.3. The molecule has 1 aromatic rings. The van der Waals surface area contributed by atoms with Crippen molar-refractivity contribution in [3.05, 3.63) is 29.8 Å². The number of sulfonamides is 1. The van der Waals surface area contributed by atoms with Gasteiger partial charge in [-0.3, -0.25) is 4.79 Å². The summed E-state index contributed by atoms with van der Waals surface area (Å²) in [6.07, 6.45) is 0.690. The Bertz CT molecular complexity index is 735. The fraction of sp³-hybridized carbons (Fsp3) is 0.588. The van der Waals surface area contributed by atoms with E-state index >= 15 is 0 Å². The number of carbonyl (C=O) groups excluding carboxylic acids is 1. The van der Waals surface area contributed by atoms with Crippen molar-refractivity contribution >= 4 is 15.9 Å². The van der Waals surface area contributed by atoms with Gasteiger partial charge in [0.15, 0.2) is 0 Å². The number of halogens is 2. The zero-order valence-electron chi connectivity index (χ0n) is 15.0. The summed E-state index contributed by atoms with van der Waals surface area (Å²) in [7, 11) is -4.12. The summed E-state index contributed by atoms with van der Waals surface area (Å²) in [5.41, 5.74) is 0. The van der Waals surface area contributed by atoms with Crippen LogP contribution in [0.1, 0.15) is 26.7 Å². The Labute approximate surface area is 153 Å². The lowest BCUT2D eigenvalue weighted by Gasteiger charge is -2.30. The van der Waals surface area contributed by atoms with Crippen molar-refractivity contribution in [1.29, 1.82) is 0 Å². The number of hydrogen-bond acceptors (Lipinski definition) is 4. The molecule has 2 N–H and O–H groups in total. The first-order valence-electron chi connectivity index (χ1n) is 8.72. The van der Waals surface area contributed by atoms with E-state index in [1.54, 1.807) is 0 Å². The third-order valence-corrected chi connectivity index (χ3v) is 6.38. The molecule has 1 atom stereocenters. The van der Waals surface area contributed by atoms with Gasteiger partial charge in [0.2, 0.25) is 15.9 Å². The summed E-state index contributed by atoms with van der Waals surface area (Å²) < 4.78 is 53.3. The molecule has 0 aromatic heterocycles. The molecule has 0 bridgehead atoms. The molecule has 9 heteroatoms. The molecule has 1 amide bonds. The van der Waals surface area contributed by atoms with Gasteiger partial charge in [0.25, 0.3) is 0 Å². The molecule has 0 spiro atoms. The lowest BCUT2D eigenvalue weighted by atomic mass is 9.97. The third kappa shape index (κ3) is 4.99. The second-order valence-electron chi connectivity index (χ2n) is 6.46.